The van der Waals surface area contributed by atoms with Gasteiger partial charge < -0.3 is 19.4 Å². The molecule has 0 saturated carbocycles. The first-order chi connectivity index (χ1) is 18.0. The number of piperidine rings is 1. The quantitative estimate of drug-likeness (QED) is 0.512. The highest BCUT2D eigenvalue weighted by Gasteiger charge is 2.55. The molecule has 0 bridgehead atoms. The molecule has 4 heterocycles. The molecule has 8 heteroatoms. The van der Waals surface area contributed by atoms with E-state index in [9.17, 15) is 9.90 Å². The van der Waals surface area contributed by atoms with Gasteiger partial charge in [-0.15, -0.1) is 0 Å². The van der Waals surface area contributed by atoms with Crippen LogP contribution in [-0.2, 0) is 10.4 Å². The Hall–Kier alpha value is -3.10. The number of amides is 1. The molecule has 2 saturated heterocycles. The minimum absolute atomic E-state index is 0.0998. The third kappa shape index (κ3) is 4.54. The summed E-state index contributed by atoms with van der Waals surface area (Å²) in [5.74, 6) is 1.68. The summed E-state index contributed by atoms with van der Waals surface area (Å²) in [6, 6.07) is 10.4. The van der Waals surface area contributed by atoms with Crippen LogP contribution in [0.5, 0.6) is 0 Å². The fourth-order valence-electron chi connectivity index (χ4n) is 6.49. The average Bonchev–Trinajstić information content (AvgIpc) is 3.38. The van der Waals surface area contributed by atoms with Gasteiger partial charge in [0.2, 0.25) is 17.6 Å². The van der Waals surface area contributed by atoms with Crippen molar-refractivity contribution in [3.8, 4) is 11.4 Å². The fraction of sp³-hybridized carbons (Fsp3) is 0.533. The topological polar surface area (TPSA) is 95.6 Å². The number of nitrogens with zero attached hydrogens (tertiary/aromatic N) is 5. The standard InChI is InChI=1S/C30H39N5O3/c1-19(2)22-7-9-25(10-8-22)30(37,29(5)17-34(6)18-29)26-14-24(15-31-16-26)27-32-28(38-33-27)23-11-12-35(21(4)36)20(3)13-23/h7-10,14-16,19-20,23,37H,11-13,17-18H2,1-6H3. The van der Waals surface area contributed by atoms with Crippen molar-refractivity contribution >= 4 is 5.91 Å². The zero-order valence-corrected chi connectivity index (χ0v) is 23.3. The molecule has 2 aliphatic heterocycles. The zero-order valence-electron chi connectivity index (χ0n) is 23.3. The number of carbonyl (C=O) groups excluding carboxylic acids is 1. The van der Waals surface area contributed by atoms with Gasteiger partial charge in [0.25, 0.3) is 0 Å². The number of likely N-dealkylation sites (tertiary alicyclic amines) is 2. The molecule has 3 aromatic rings. The lowest BCUT2D eigenvalue weighted by molar-refractivity contribution is -0.132. The van der Waals surface area contributed by atoms with Crippen molar-refractivity contribution in [2.24, 2.45) is 5.41 Å². The number of hydrogen-bond acceptors (Lipinski definition) is 7. The van der Waals surface area contributed by atoms with Crippen molar-refractivity contribution in [3.63, 3.8) is 0 Å². The summed E-state index contributed by atoms with van der Waals surface area (Å²) in [6.07, 6.45) is 5.06. The maximum atomic E-state index is 12.5. The Balaban J connectivity index is 1.47. The van der Waals surface area contributed by atoms with Crippen LogP contribution in [0.2, 0.25) is 0 Å². The van der Waals surface area contributed by atoms with E-state index in [1.165, 1.54) is 5.56 Å². The first-order valence-corrected chi connectivity index (χ1v) is 13.6. The van der Waals surface area contributed by atoms with E-state index in [4.69, 9.17) is 9.51 Å². The Morgan fingerprint density at radius 3 is 2.50 bits per heavy atom. The molecule has 2 aliphatic rings. The van der Waals surface area contributed by atoms with Crippen LogP contribution in [0.3, 0.4) is 0 Å². The molecule has 3 atom stereocenters. The Morgan fingerprint density at radius 1 is 1.18 bits per heavy atom. The van der Waals surface area contributed by atoms with Crippen LogP contribution in [0.4, 0.5) is 0 Å². The highest BCUT2D eigenvalue weighted by Crippen LogP contribution is 2.50. The van der Waals surface area contributed by atoms with Gasteiger partial charge in [-0.2, -0.15) is 4.98 Å². The zero-order chi connectivity index (χ0) is 27.2. The summed E-state index contributed by atoms with van der Waals surface area (Å²) >= 11 is 0. The van der Waals surface area contributed by atoms with Crippen LogP contribution in [0.15, 0.2) is 47.2 Å². The Morgan fingerprint density at radius 2 is 1.89 bits per heavy atom. The lowest BCUT2D eigenvalue weighted by Gasteiger charge is -2.55. The van der Waals surface area contributed by atoms with E-state index in [1.54, 1.807) is 19.3 Å². The number of pyridine rings is 1. The van der Waals surface area contributed by atoms with Crippen molar-refractivity contribution in [2.45, 2.75) is 70.9 Å². The molecule has 1 aromatic carbocycles. The van der Waals surface area contributed by atoms with Crippen LogP contribution < -0.4 is 0 Å². The monoisotopic (exact) mass is 517 g/mol. The third-order valence-electron chi connectivity index (χ3n) is 8.59. The van der Waals surface area contributed by atoms with Crippen LogP contribution in [-0.4, -0.2) is 68.7 Å². The molecule has 1 amide bonds. The van der Waals surface area contributed by atoms with Gasteiger partial charge in [0.05, 0.1) is 0 Å². The molecule has 3 unspecified atom stereocenters. The van der Waals surface area contributed by atoms with Crippen LogP contribution >= 0.6 is 0 Å². The molecule has 2 fully saturated rings. The van der Waals surface area contributed by atoms with E-state index in [0.717, 1.165) is 37.1 Å². The maximum absolute atomic E-state index is 12.5. The highest BCUT2D eigenvalue weighted by atomic mass is 16.5. The minimum Gasteiger partial charge on any atom is -0.380 e. The highest BCUT2D eigenvalue weighted by molar-refractivity contribution is 5.73. The van der Waals surface area contributed by atoms with Gasteiger partial charge in [-0.3, -0.25) is 9.78 Å². The van der Waals surface area contributed by atoms with E-state index in [1.807, 2.05) is 23.1 Å². The van der Waals surface area contributed by atoms with Gasteiger partial charge >= 0.3 is 0 Å². The first-order valence-electron chi connectivity index (χ1n) is 13.6. The van der Waals surface area contributed by atoms with Crippen molar-refractivity contribution in [1.29, 1.82) is 0 Å². The fourth-order valence-corrected chi connectivity index (χ4v) is 6.49. The molecule has 5 rings (SSSR count). The van der Waals surface area contributed by atoms with Gasteiger partial charge in [-0.1, -0.05) is 50.2 Å². The van der Waals surface area contributed by atoms with E-state index in [-0.39, 0.29) is 23.3 Å². The van der Waals surface area contributed by atoms with Crippen molar-refractivity contribution in [1.82, 2.24) is 24.9 Å². The van der Waals surface area contributed by atoms with E-state index >= 15 is 0 Å². The summed E-state index contributed by atoms with van der Waals surface area (Å²) in [4.78, 5) is 25.2. The molecule has 202 valence electrons. The summed E-state index contributed by atoms with van der Waals surface area (Å²) in [6.45, 7) is 12.4. The Labute approximate surface area is 225 Å². The smallest absolute Gasteiger partial charge is 0.230 e. The van der Waals surface area contributed by atoms with Crippen LogP contribution in [0.1, 0.15) is 81.9 Å². The number of benzene rings is 1. The van der Waals surface area contributed by atoms with Crippen molar-refractivity contribution in [2.75, 3.05) is 26.7 Å². The second-order valence-electron chi connectivity index (χ2n) is 11.9. The normalized spacial score (nSPS) is 23.2. The summed E-state index contributed by atoms with van der Waals surface area (Å²) < 4.78 is 5.70. The molecule has 38 heavy (non-hydrogen) atoms. The van der Waals surface area contributed by atoms with Crippen molar-refractivity contribution < 1.29 is 14.4 Å². The summed E-state index contributed by atoms with van der Waals surface area (Å²) in [5, 5.41) is 16.8. The second-order valence-corrected chi connectivity index (χ2v) is 11.9. The lowest BCUT2D eigenvalue weighted by Crippen LogP contribution is -2.63. The summed E-state index contributed by atoms with van der Waals surface area (Å²) in [7, 11) is 2.07. The average molecular weight is 518 g/mol. The van der Waals surface area contributed by atoms with Crippen LogP contribution in [0.25, 0.3) is 11.4 Å². The van der Waals surface area contributed by atoms with Gasteiger partial charge in [0.1, 0.15) is 5.60 Å². The first kappa shape index (κ1) is 26.5. The van der Waals surface area contributed by atoms with Gasteiger partial charge in [-0.05, 0) is 49.9 Å². The van der Waals surface area contributed by atoms with Gasteiger partial charge in [0.15, 0.2) is 0 Å². The molecule has 0 radical (unpaired) electrons. The van der Waals surface area contributed by atoms with E-state index < -0.39 is 5.60 Å². The van der Waals surface area contributed by atoms with Crippen molar-refractivity contribution in [3.05, 3.63) is 65.3 Å². The molecule has 2 aromatic heterocycles. The minimum atomic E-state index is -1.24. The number of rotatable bonds is 6. The predicted octanol–water partition coefficient (Wildman–Crippen LogP) is 4.56. The number of aliphatic hydroxyl groups is 1. The van der Waals surface area contributed by atoms with Crippen LogP contribution in [0, 0.1) is 5.41 Å². The SMILES string of the molecule is CC(=O)N1CCC(c2nc(-c3cncc(C(O)(c4ccc(C(C)C)cc4)C4(C)CN(C)C4)c3)no2)CC1C. The largest absolute Gasteiger partial charge is 0.380 e. The molecule has 0 spiro atoms. The van der Waals surface area contributed by atoms with E-state index in [0.29, 0.717) is 29.7 Å². The Kier molecular flexibility index (Phi) is 6.90. The van der Waals surface area contributed by atoms with Gasteiger partial charge in [0, 0.05) is 67.5 Å². The summed E-state index contributed by atoms with van der Waals surface area (Å²) in [5.41, 5.74) is 1.90. The van der Waals surface area contributed by atoms with Gasteiger partial charge in [-0.25, -0.2) is 0 Å². The molecule has 0 aliphatic carbocycles. The predicted molar refractivity (Wildman–Crippen MR) is 145 cm³/mol. The number of hydrogen-bond donors (Lipinski definition) is 1. The second kappa shape index (κ2) is 9.89. The molecular weight excluding hydrogens is 478 g/mol. The number of carbonyl (C=O) groups is 1. The molecular formula is C30H39N5O3. The number of aromatic nitrogens is 3. The molecule has 1 N–H and O–H groups in total. The molecule has 8 nitrogen and oxygen atoms in total. The Bertz CT molecular complexity index is 1300. The maximum Gasteiger partial charge on any atom is 0.230 e. The third-order valence-corrected chi connectivity index (χ3v) is 8.59. The lowest BCUT2D eigenvalue weighted by atomic mass is 9.62. The van der Waals surface area contributed by atoms with E-state index in [2.05, 4.69) is 61.9 Å².